The molecular weight excluding hydrogens is 795 g/mol. The fourth-order valence-electron chi connectivity index (χ4n) is 10.5. The van der Waals surface area contributed by atoms with Gasteiger partial charge in [-0.3, -0.25) is 0 Å². The molecule has 1 aliphatic rings. The van der Waals surface area contributed by atoms with Gasteiger partial charge < -0.3 is 9.32 Å². The average molecular weight is 834 g/mol. The topological polar surface area (TPSA) is 16.4 Å². The molecular formula is C61H39NOS. The van der Waals surface area contributed by atoms with E-state index < -0.39 is 5.41 Å². The van der Waals surface area contributed by atoms with Gasteiger partial charge in [0.15, 0.2) is 0 Å². The maximum absolute atomic E-state index is 6.59. The zero-order valence-electron chi connectivity index (χ0n) is 34.8. The number of benzene rings is 10. The van der Waals surface area contributed by atoms with Crippen molar-refractivity contribution in [3.05, 3.63) is 259 Å². The first kappa shape index (κ1) is 36.7. The summed E-state index contributed by atoms with van der Waals surface area (Å²) in [5.74, 6) is 0. The van der Waals surface area contributed by atoms with Gasteiger partial charge in [-0.05, 0) is 111 Å². The lowest BCUT2D eigenvalue weighted by Crippen LogP contribution is -2.28. The molecule has 0 fully saturated rings. The molecule has 64 heavy (non-hydrogen) atoms. The third-order valence-electron chi connectivity index (χ3n) is 13.3. The molecule has 0 N–H and O–H groups in total. The average Bonchev–Trinajstić information content (AvgIpc) is 4.03. The predicted octanol–water partition coefficient (Wildman–Crippen LogP) is 17.1. The van der Waals surface area contributed by atoms with Gasteiger partial charge in [0.05, 0.1) is 5.41 Å². The largest absolute Gasteiger partial charge is 0.455 e. The quantitative estimate of drug-likeness (QED) is 0.159. The molecule has 1 aliphatic carbocycles. The number of fused-ring (bicyclic) bond motifs is 9. The Morgan fingerprint density at radius 2 is 0.922 bits per heavy atom. The van der Waals surface area contributed by atoms with Gasteiger partial charge in [-0.25, -0.2) is 0 Å². The van der Waals surface area contributed by atoms with E-state index in [1.807, 2.05) is 17.4 Å². The van der Waals surface area contributed by atoms with Crippen LogP contribution < -0.4 is 4.90 Å². The van der Waals surface area contributed by atoms with Crippen LogP contribution >= 0.6 is 11.3 Å². The Morgan fingerprint density at radius 1 is 0.344 bits per heavy atom. The number of anilines is 3. The molecule has 0 saturated carbocycles. The van der Waals surface area contributed by atoms with Gasteiger partial charge in [-0.1, -0.05) is 176 Å². The van der Waals surface area contributed by atoms with Crippen molar-refractivity contribution in [2.24, 2.45) is 0 Å². The van der Waals surface area contributed by atoms with Crippen LogP contribution in [0.5, 0.6) is 0 Å². The lowest BCUT2D eigenvalue weighted by Gasteiger charge is -2.34. The highest BCUT2D eigenvalue weighted by Gasteiger charge is 2.46. The van der Waals surface area contributed by atoms with Crippen LogP contribution in [0.15, 0.2) is 241 Å². The summed E-state index contributed by atoms with van der Waals surface area (Å²) in [6.07, 6.45) is 0. The van der Waals surface area contributed by atoms with Crippen LogP contribution in [0.1, 0.15) is 22.3 Å². The van der Waals surface area contributed by atoms with Crippen LogP contribution in [0.4, 0.5) is 17.1 Å². The third-order valence-corrected chi connectivity index (χ3v) is 14.5. The SMILES string of the molecule is c1ccc(C2(c3ccccc3)c3ccccc3-c3cc(N(c4cccc(-c5ccc6sc7ccccc7c6c5)c4)c4cccc(-c5cccc6c5oc5ccccc56)c4)ccc32)cc1. The molecule has 12 aromatic rings. The Bertz CT molecular complexity index is 3710. The second-order valence-electron chi connectivity index (χ2n) is 16.8. The van der Waals surface area contributed by atoms with Crippen LogP contribution in [-0.4, -0.2) is 0 Å². The molecule has 2 heterocycles. The van der Waals surface area contributed by atoms with Crippen molar-refractivity contribution in [1.29, 1.82) is 0 Å². The van der Waals surface area contributed by atoms with Crippen LogP contribution in [-0.2, 0) is 5.41 Å². The minimum atomic E-state index is -0.479. The second-order valence-corrected chi connectivity index (χ2v) is 17.9. The molecule has 0 radical (unpaired) electrons. The summed E-state index contributed by atoms with van der Waals surface area (Å²) in [6, 6.07) is 86.6. The van der Waals surface area contributed by atoms with Crippen molar-refractivity contribution >= 4 is 70.5 Å². The van der Waals surface area contributed by atoms with E-state index in [0.717, 1.165) is 50.1 Å². The summed E-state index contributed by atoms with van der Waals surface area (Å²) < 4.78 is 9.21. The highest BCUT2D eigenvalue weighted by Crippen LogP contribution is 2.57. The lowest BCUT2D eigenvalue weighted by molar-refractivity contribution is 0.670. The molecule has 0 amide bonds. The molecule has 0 unspecified atom stereocenters. The number of para-hydroxylation sites is 2. The molecule has 2 nitrogen and oxygen atoms in total. The van der Waals surface area contributed by atoms with Crippen LogP contribution in [0, 0.1) is 0 Å². The van der Waals surface area contributed by atoms with E-state index in [1.54, 1.807) is 0 Å². The number of furan rings is 1. The van der Waals surface area contributed by atoms with Crippen molar-refractivity contribution in [3.63, 3.8) is 0 Å². The van der Waals surface area contributed by atoms with Crippen molar-refractivity contribution in [3.8, 4) is 33.4 Å². The standard InChI is InChI=1S/C61H39NOS/c1-3-18-43(19-4-1)61(44-20-5-2-6-21-44)55-29-10-7-24-49(55)53-39-47(33-34-56(53)61)62(45-22-13-16-40(36-45)41-32-35-59-54(38-41)51-26-9-12-31-58(51)64-59)46-23-14-17-42(37-46)48-27-15-28-52-50-25-8-11-30-57(50)63-60(48)52/h1-39H. The molecule has 0 spiro atoms. The predicted molar refractivity (Wildman–Crippen MR) is 269 cm³/mol. The molecule has 10 aromatic carbocycles. The van der Waals surface area contributed by atoms with E-state index in [-0.39, 0.29) is 0 Å². The van der Waals surface area contributed by atoms with E-state index in [1.165, 1.54) is 64.7 Å². The molecule has 300 valence electrons. The summed E-state index contributed by atoms with van der Waals surface area (Å²) in [6.45, 7) is 0. The maximum Gasteiger partial charge on any atom is 0.143 e. The Labute approximate surface area is 375 Å². The number of hydrogen-bond donors (Lipinski definition) is 0. The van der Waals surface area contributed by atoms with Gasteiger partial charge in [-0.15, -0.1) is 11.3 Å². The zero-order chi connectivity index (χ0) is 42.2. The van der Waals surface area contributed by atoms with E-state index >= 15 is 0 Å². The molecule has 3 heteroatoms. The molecule has 0 saturated heterocycles. The Kier molecular flexibility index (Phi) is 8.34. The summed E-state index contributed by atoms with van der Waals surface area (Å²) in [5, 5.41) is 4.85. The van der Waals surface area contributed by atoms with Gasteiger partial charge in [0, 0.05) is 53.6 Å². The van der Waals surface area contributed by atoms with Crippen LogP contribution in [0.3, 0.4) is 0 Å². The minimum Gasteiger partial charge on any atom is -0.455 e. The number of nitrogens with zero attached hydrogens (tertiary/aromatic N) is 1. The smallest absolute Gasteiger partial charge is 0.143 e. The van der Waals surface area contributed by atoms with Crippen molar-refractivity contribution < 1.29 is 4.42 Å². The third kappa shape index (κ3) is 5.58. The molecule has 0 aliphatic heterocycles. The maximum atomic E-state index is 6.59. The Balaban J connectivity index is 1.02. The fourth-order valence-corrected chi connectivity index (χ4v) is 11.6. The zero-order valence-corrected chi connectivity index (χ0v) is 35.6. The normalized spacial score (nSPS) is 12.8. The van der Waals surface area contributed by atoms with Crippen LogP contribution in [0.2, 0.25) is 0 Å². The van der Waals surface area contributed by atoms with Gasteiger partial charge in [-0.2, -0.15) is 0 Å². The van der Waals surface area contributed by atoms with Crippen molar-refractivity contribution in [2.45, 2.75) is 5.41 Å². The first-order valence-electron chi connectivity index (χ1n) is 21.9. The van der Waals surface area contributed by atoms with E-state index in [2.05, 4.69) is 235 Å². The van der Waals surface area contributed by atoms with Crippen molar-refractivity contribution in [2.75, 3.05) is 4.90 Å². The highest BCUT2D eigenvalue weighted by molar-refractivity contribution is 7.25. The fraction of sp³-hybridized carbons (Fsp3) is 0.0164. The van der Waals surface area contributed by atoms with E-state index in [9.17, 15) is 0 Å². The van der Waals surface area contributed by atoms with Crippen molar-refractivity contribution in [1.82, 2.24) is 0 Å². The highest BCUT2D eigenvalue weighted by atomic mass is 32.1. The monoisotopic (exact) mass is 833 g/mol. The number of hydrogen-bond acceptors (Lipinski definition) is 3. The minimum absolute atomic E-state index is 0.479. The summed E-state index contributed by atoms with van der Waals surface area (Å²) >= 11 is 1.86. The molecule has 13 rings (SSSR count). The van der Waals surface area contributed by atoms with Crippen LogP contribution in [0.25, 0.3) is 75.5 Å². The van der Waals surface area contributed by atoms with E-state index in [0.29, 0.717) is 0 Å². The second kappa shape index (κ2) is 14.6. The van der Waals surface area contributed by atoms with E-state index in [4.69, 9.17) is 4.42 Å². The number of rotatable bonds is 7. The van der Waals surface area contributed by atoms with Gasteiger partial charge in [0.1, 0.15) is 11.2 Å². The van der Waals surface area contributed by atoms with Gasteiger partial charge in [0.2, 0.25) is 0 Å². The van der Waals surface area contributed by atoms with Gasteiger partial charge >= 0.3 is 0 Å². The molecule has 2 aromatic heterocycles. The van der Waals surface area contributed by atoms with Gasteiger partial charge in [0.25, 0.3) is 0 Å². The molecule has 0 bridgehead atoms. The Morgan fingerprint density at radius 3 is 1.73 bits per heavy atom. The summed E-state index contributed by atoms with van der Waals surface area (Å²) in [7, 11) is 0. The molecule has 0 atom stereocenters. The Hall–Kier alpha value is -7.98. The lowest BCUT2D eigenvalue weighted by atomic mass is 9.68. The first-order valence-corrected chi connectivity index (χ1v) is 22.7. The summed E-state index contributed by atoms with van der Waals surface area (Å²) in [5.41, 5.74) is 16.7. The summed E-state index contributed by atoms with van der Waals surface area (Å²) in [4.78, 5) is 2.43. The first-order chi connectivity index (χ1) is 31.7. The number of thiophene rings is 1.